The fraction of sp³-hybridized carbons (Fsp3) is 0.684. The Hall–Kier alpha value is -4.84. The number of carbonyl (C=O) groups is 4. The van der Waals surface area contributed by atoms with Gasteiger partial charge in [0.1, 0.15) is 82.4 Å². The van der Waals surface area contributed by atoms with Gasteiger partial charge in [0.05, 0.1) is 6.10 Å². The number of ether oxygens (including phenoxy) is 4. The summed E-state index contributed by atoms with van der Waals surface area (Å²) in [5.41, 5.74) is 1.70. The van der Waals surface area contributed by atoms with Crippen LogP contribution >= 0.6 is 0 Å². The number of hydrogen-bond donors (Lipinski definition) is 22. The highest BCUT2D eigenvalue weighted by atomic mass is 16.6. The molecule has 0 aromatic rings. The molecule has 68 heavy (non-hydrogen) atoms. The topological polar surface area (TPSA) is 523 Å². The van der Waals surface area contributed by atoms with E-state index in [0.29, 0.717) is 0 Å². The lowest BCUT2D eigenvalue weighted by atomic mass is 10.0. The number of aliphatic hydroxyl groups is 17. The summed E-state index contributed by atoms with van der Waals surface area (Å²) in [5, 5.41) is 184. The first-order valence-corrected chi connectivity index (χ1v) is 20.4. The SMILES string of the molecule is CC(=O)N/C(=C(\O)C(CCO)OC(O)/C(NC(C)=O)=C(/O)C(CCO)OC(O)/C(NC(C)=O)=C(/O)C(CCO)OC(O)[C@H](NC(C)=O)C(O)C(CCO)OC(O)/C(N)=C(\O)C(O)CCO)C(O)O. The van der Waals surface area contributed by atoms with Crippen LogP contribution in [0, 0.1) is 0 Å². The largest absolute Gasteiger partial charge is 0.508 e. The lowest BCUT2D eigenvalue weighted by molar-refractivity contribution is -0.203. The molecule has 0 aliphatic rings. The van der Waals surface area contributed by atoms with Crippen LogP contribution in [0.1, 0.15) is 59.8 Å². The molecule has 0 aromatic heterocycles. The smallest absolute Gasteiger partial charge is 0.221 e. The molecule has 0 rings (SSSR count). The maximum absolute atomic E-state index is 12.4. The van der Waals surface area contributed by atoms with Crippen LogP contribution < -0.4 is 27.0 Å². The van der Waals surface area contributed by atoms with Crippen LogP contribution in [-0.2, 0) is 38.1 Å². The molecular weight excluding hydrogens is 926 g/mol. The summed E-state index contributed by atoms with van der Waals surface area (Å²) < 4.78 is 21.4. The molecule has 11 atom stereocenters. The van der Waals surface area contributed by atoms with E-state index in [1.54, 1.807) is 0 Å². The van der Waals surface area contributed by atoms with Crippen molar-refractivity contribution in [3.63, 3.8) is 0 Å². The Morgan fingerprint density at radius 1 is 0.471 bits per heavy atom. The summed E-state index contributed by atoms with van der Waals surface area (Å²) in [7, 11) is 0. The van der Waals surface area contributed by atoms with Gasteiger partial charge in [-0.15, -0.1) is 0 Å². The van der Waals surface area contributed by atoms with E-state index >= 15 is 0 Å². The van der Waals surface area contributed by atoms with E-state index in [9.17, 15) is 101 Å². The first-order chi connectivity index (χ1) is 31.7. The number of nitrogens with one attached hydrogen (secondary N) is 4. The molecule has 0 spiro atoms. The van der Waals surface area contributed by atoms with E-state index < -0.39 is 209 Å². The highest BCUT2D eigenvalue weighted by molar-refractivity contribution is 5.76. The molecule has 10 unspecified atom stereocenters. The van der Waals surface area contributed by atoms with Gasteiger partial charge in [0.2, 0.25) is 36.2 Å². The highest BCUT2D eigenvalue weighted by Crippen LogP contribution is 2.25. The van der Waals surface area contributed by atoms with Gasteiger partial charge in [-0.25, -0.2) is 0 Å². The Labute approximate surface area is 388 Å². The predicted molar refractivity (Wildman–Crippen MR) is 224 cm³/mol. The third-order valence-corrected chi connectivity index (χ3v) is 8.91. The van der Waals surface area contributed by atoms with E-state index in [0.717, 1.165) is 27.7 Å². The standard InChI is InChI=1S/C38H67N5O25/c1-15(49)40-25(34(59)60)30(55)20(6-11-45)66-36(62)27(42-17(3)51)32(57)22(8-13-47)68-38(64)28(43-18(4)52)33(58)23(9-14-48)67-37(63)26(41-16(2)50)31(56)21(7-12-46)65-35(61)24(39)29(54)19(53)5-10-44/h19-23,26,31,34-38,44-48,53-64H,5-14,39H2,1-4H3,(H,40,49)(H,41,50)(H,42,51)(H,43,52)/b29-24+,30-25-,32-27-,33-28-/t19?,20?,21?,22?,23?,26-,31?,35?,36?,37?,38?/m1/s1. The van der Waals surface area contributed by atoms with Crippen LogP contribution in [-0.4, -0.2) is 218 Å². The highest BCUT2D eigenvalue weighted by Gasteiger charge is 2.39. The molecule has 0 aliphatic carbocycles. The van der Waals surface area contributed by atoms with Crippen molar-refractivity contribution >= 4 is 23.6 Å². The molecule has 0 bridgehead atoms. The van der Waals surface area contributed by atoms with Crippen LogP contribution in [0.5, 0.6) is 0 Å². The second-order valence-corrected chi connectivity index (χ2v) is 14.4. The van der Waals surface area contributed by atoms with Crippen molar-refractivity contribution in [1.82, 2.24) is 21.3 Å². The molecule has 0 radical (unpaired) electrons. The summed E-state index contributed by atoms with van der Waals surface area (Å²) in [5.74, 6) is -8.67. The molecule has 4 amide bonds. The number of hydrogen-bond acceptors (Lipinski definition) is 26. The lowest BCUT2D eigenvalue weighted by Gasteiger charge is -2.35. The molecule has 0 aliphatic heterocycles. The second-order valence-electron chi connectivity index (χ2n) is 14.4. The fourth-order valence-corrected chi connectivity index (χ4v) is 5.77. The zero-order chi connectivity index (χ0) is 52.6. The van der Waals surface area contributed by atoms with Crippen molar-refractivity contribution < 1.29 is 125 Å². The zero-order valence-electron chi connectivity index (χ0n) is 37.4. The van der Waals surface area contributed by atoms with Crippen LogP contribution in [0.25, 0.3) is 0 Å². The van der Waals surface area contributed by atoms with Gasteiger partial charge in [0.15, 0.2) is 18.9 Å². The Balaban J connectivity index is 7.30. The van der Waals surface area contributed by atoms with E-state index in [-0.39, 0.29) is 0 Å². The monoisotopic (exact) mass is 993 g/mol. The molecule has 0 fully saturated rings. The Bertz CT molecular complexity index is 1730. The summed E-state index contributed by atoms with van der Waals surface area (Å²) in [6, 6.07) is -2.05. The van der Waals surface area contributed by atoms with Gasteiger partial charge < -0.3 is 133 Å². The Morgan fingerprint density at radius 3 is 1.19 bits per heavy atom. The van der Waals surface area contributed by atoms with Gasteiger partial charge in [-0.2, -0.15) is 0 Å². The van der Waals surface area contributed by atoms with Crippen LogP contribution in [0.3, 0.4) is 0 Å². The fourth-order valence-electron chi connectivity index (χ4n) is 5.77. The molecule has 30 nitrogen and oxygen atoms in total. The average Bonchev–Trinajstić information content (AvgIpc) is 3.25. The molecule has 23 N–H and O–H groups in total. The first kappa shape index (κ1) is 63.2. The van der Waals surface area contributed by atoms with Crippen LogP contribution in [0.4, 0.5) is 0 Å². The minimum atomic E-state index is -2.65. The molecular formula is C38H67N5O25. The molecule has 0 aromatic carbocycles. The van der Waals surface area contributed by atoms with Crippen molar-refractivity contribution in [2.45, 2.75) is 134 Å². The van der Waals surface area contributed by atoms with Gasteiger partial charge in [-0.05, 0) is 6.42 Å². The lowest BCUT2D eigenvalue weighted by Crippen LogP contribution is -2.57. The van der Waals surface area contributed by atoms with Gasteiger partial charge in [0, 0.05) is 86.4 Å². The van der Waals surface area contributed by atoms with Gasteiger partial charge in [-0.3, -0.25) is 19.2 Å². The zero-order valence-corrected chi connectivity index (χ0v) is 37.4. The summed E-state index contributed by atoms with van der Waals surface area (Å²) in [6.45, 7) is -0.484. The normalized spacial score (nSPS) is 18.4. The van der Waals surface area contributed by atoms with E-state index in [1.165, 1.54) is 0 Å². The van der Waals surface area contributed by atoms with Crippen LogP contribution in [0.15, 0.2) is 45.8 Å². The van der Waals surface area contributed by atoms with Crippen LogP contribution in [0.2, 0.25) is 0 Å². The predicted octanol–water partition coefficient (Wildman–Crippen LogP) is -7.30. The minimum absolute atomic E-state index is 0.426. The van der Waals surface area contributed by atoms with Crippen molar-refractivity contribution in [2.75, 3.05) is 33.0 Å². The summed E-state index contributed by atoms with van der Waals surface area (Å²) in [4.78, 5) is 48.4. The first-order valence-electron chi connectivity index (χ1n) is 20.4. The number of rotatable bonds is 33. The number of nitrogens with two attached hydrogens (primary N) is 1. The summed E-state index contributed by atoms with van der Waals surface area (Å²) >= 11 is 0. The van der Waals surface area contributed by atoms with Crippen molar-refractivity contribution in [2.24, 2.45) is 5.73 Å². The van der Waals surface area contributed by atoms with Crippen molar-refractivity contribution in [3.05, 3.63) is 45.8 Å². The maximum Gasteiger partial charge on any atom is 0.221 e. The van der Waals surface area contributed by atoms with E-state index in [2.05, 4.69) is 5.32 Å². The van der Waals surface area contributed by atoms with Crippen molar-refractivity contribution in [1.29, 1.82) is 0 Å². The van der Waals surface area contributed by atoms with Gasteiger partial charge in [-0.1, -0.05) is 0 Å². The number of aliphatic hydroxyl groups excluding tert-OH is 16. The van der Waals surface area contributed by atoms with Gasteiger partial charge in [0.25, 0.3) is 0 Å². The average molecular weight is 994 g/mol. The molecule has 394 valence electrons. The Kier molecular flexibility index (Phi) is 29.8. The Morgan fingerprint density at radius 2 is 0.838 bits per heavy atom. The van der Waals surface area contributed by atoms with Crippen molar-refractivity contribution in [3.8, 4) is 0 Å². The van der Waals surface area contributed by atoms with E-state index in [4.69, 9.17) is 29.8 Å². The minimum Gasteiger partial charge on any atom is -0.508 e. The molecule has 30 heteroatoms. The third-order valence-electron chi connectivity index (χ3n) is 8.91. The summed E-state index contributed by atoms with van der Waals surface area (Å²) in [6.07, 6.45) is -27.6. The van der Waals surface area contributed by atoms with E-state index in [1.807, 2.05) is 16.0 Å². The number of amides is 4. The third kappa shape index (κ3) is 21.2. The van der Waals surface area contributed by atoms with Gasteiger partial charge >= 0.3 is 0 Å². The second kappa shape index (κ2) is 32.1. The quantitative estimate of drug-likeness (QED) is 0.0214. The molecule has 0 saturated heterocycles. The number of carbonyl (C=O) groups excluding carboxylic acids is 4. The maximum atomic E-state index is 12.4. The molecule has 0 heterocycles. The molecule has 0 saturated carbocycles.